The van der Waals surface area contributed by atoms with Crippen molar-refractivity contribution in [2.75, 3.05) is 23.7 Å². The zero-order valence-corrected chi connectivity index (χ0v) is 19.2. The lowest BCUT2D eigenvalue weighted by Crippen LogP contribution is -2.55. The van der Waals surface area contributed by atoms with Crippen LogP contribution in [0.3, 0.4) is 0 Å². The second-order valence-corrected chi connectivity index (χ2v) is 8.71. The number of carbonyl (C=O) groups excluding carboxylic acids is 1. The van der Waals surface area contributed by atoms with Crippen molar-refractivity contribution in [2.24, 2.45) is 13.0 Å². The van der Waals surface area contributed by atoms with Crippen LogP contribution >= 0.6 is 11.6 Å². The van der Waals surface area contributed by atoms with Crippen LogP contribution in [0.1, 0.15) is 24.9 Å². The van der Waals surface area contributed by atoms with E-state index >= 15 is 0 Å². The maximum Gasteiger partial charge on any atom is 0.227 e. The quantitative estimate of drug-likeness (QED) is 0.454. The minimum absolute atomic E-state index is 0.0424. The number of nitrogens with two attached hydrogens (primary N) is 1. The average Bonchev–Trinajstić information content (AvgIpc) is 3.35. The van der Waals surface area contributed by atoms with Crippen LogP contribution in [-0.2, 0) is 11.8 Å². The predicted octanol–water partition coefficient (Wildman–Crippen LogP) is 3.07. The van der Waals surface area contributed by atoms with Crippen molar-refractivity contribution in [2.45, 2.75) is 19.4 Å². The second kappa shape index (κ2) is 8.40. The van der Waals surface area contributed by atoms with Gasteiger partial charge in [-0.1, -0.05) is 30.7 Å². The summed E-state index contributed by atoms with van der Waals surface area (Å²) >= 11 is 6.00. The van der Waals surface area contributed by atoms with Gasteiger partial charge in [0, 0.05) is 25.2 Å². The molecule has 0 bridgehead atoms. The van der Waals surface area contributed by atoms with Gasteiger partial charge in [0.2, 0.25) is 11.9 Å². The van der Waals surface area contributed by atoms with E-state index in [-0.39, 0.29) is 17.9 Å². The molecule has 0 aliphatic carbocycles. The largest absolute Gasteiger partial charge is 0.383 e. The molecule has 10 heteroatoms. The lowest BCUT2D eigenvalue weighted by molar-refractivity contribution is -0.126. The maximum absolute atomic E-state index is 12.9. The van der Waals surface area contributed by atoms with Crippen molar-refractivity contribution in [3.05, 3.63) is 59.5 Å². The highest BCUT2D eigenvalue weighted by Gasteiger charge is 2.36. The number of halogens is 1. The third-order valence-corrected chi connectivity index (χ3v) is 6.47. The van der Waals surface area contributed by atoms with E-state index in [0.29, 0.717) is 23.9 Å². The van der Waals surface area contributed by atoms with Crippen LogP contribution in [0.4, 0.5) is 11.8 Å². The van der Waals surface area contributed by atoms with Gasteiger partial charge in [0.25, 0.3) is 0 Å². The number of hydrogen-bond donors (Lipinski definition) is 2. The zero-order valence-electron chi connectivity index (χ0n) is 18.4. The summed E-state index contributed by atoms with van der Waals surface area (Å²) in [4.78, 5) is 23.9. The molecule has 170 valence electrons. The van der Waals surface area contributed by atoms with Crippen LogP contribution in [0.15, 0.2) is 48.9 Å². The van der Waals surface area contributed by atoms with Crippen molar-refractivity contribution in [3.63, 3.8) is 0 Å². The number of aryl methyl sites for hydroxylation is 1. The number of hydrogen-bond acceptors (Lipinski definition) is 6. The molecule has 0 saturated carbocycles. The van der Waals surface area contributed by atoms with Gasteiger partial charge in [-0.05, 0) is 36.2 Å². The molecule has 0 spiro atoms. The lowest BCUT2D eigenvalue weighted by Gasteiger charge is -2.39. The molecule has 4 aromatic rings. The topological polar surface area (TPSA) is 106 Å². The van der Waals surface area contributed by atoms with E-state index in [1.54, 1.807) is 24.3 Å². The molecule has 1 fully saturated rings. The van der Waals surface area contributed by atoms with Crippen LogP contribution in [0.2, 0.25) is 5.02 Å². The smallest absolute Gasteiger partial charge is 0.227 e. The molecule has 3 N–H and O–H groups in total. The summed E-state index contributed by atoms with van der Waals surface area (Å²) in [6.07, 6.45) is 4.08. The number of nitrogens with zero attached hydrogens (tertiary/aromatic N) is 6. The van der Waals surface area contributed by atoms with Gasteiger partial charge in [-0.15, -0.1) is 0 Å². The molecule has 1 aliphatic rings. The molecule has 9 nitrogen and oxygen atoms in total. The third kappa shape index (κ3) is 3.78. The Morgan fingerprint density at radius 1 is 1.21 bits per heavy atom. The first-order chi connectivity index (χ1) is 16.0. The fourth-order valence-corrected chi connectivity index (χ4v) is 4.35. The third-order valence-electron chi connectivity index (χ3n) is 6.22. The fraction of sp³-hybridized carbons (Fsp3) is 0.304. The van der Waals surface area contributed by atoms with Gasteiger partial charge in [-0.25, -0.2) is 9.97 Å². The summed E-state index contributed by atoms with van der Waals surface area (Å²) in [6.45, 7) is 3.21. The number of nitrogen functional groups attached to an aromatic ring is 1. The molecular formula is C23H25ClN8O. The van der Waals surface area contributed by atoms with Crippen molar-refractivity contribution in [1.29, 1.82) is 0 Å². The van der Waals surface area contributed by atoms with Crippen LogP contribution in [-0.4, -0.2) is 43.1 Å². The molecular weight excluding hydrogens is 440 g/mol. The van der Waals surface area contributed by atoms with E-state index in [1.165, 1.54) is 0 Å². The number of nitrogens with one attached hydrogen (secondary N) is 1. The van der Waals surface area contributed by atoms with E-state index < -0.39 is 0 Å². The van der Waals surface area contributed by atoms with Gasteiger partial charge in [0.05, 0.1) is 29.4 Å². The van der Waals surface area contributed by atoms with Crippen molar-refractivity contribution in [3.8, 4) is 11.3 Å². The van der Waals surface area contributed by atoms with Crippen molar-refractivity contribution >= 4 is 34.9 Å². The highest BCUT2D eigenvalue weighted by Crippen LogP contribution is 2.32. The number of anilines is 2. The summed E-state index contributed by atoms with van der Waals surface area (Å²) in [5, 5.41) is 8.12. The second-order valence-electron chi connectivity index (χ2n) is 8.28. The molecule has 1 unspecified atom stereocenters. The van der Waals surface area contributed by atoms with Gasteiger partial charge in [-0.2, -0.15) is 5.10 Å². The van der Waals surface area contributed by atoms with E-state index in [0.717, 1.165) is 34.8 Å². The Bertz CT molecular complexity index is 1310. The minimum Gasteiger partial charge on any atom is -0.383 e. The SMILES string of the molecule is CCC(NC(=O)C1CN(c2ncnc3ccc(-c4cnn(C)c4N)n23)C1)c1ccc(Cl)cc1. The zero-order chi connectivity index (χ0) is 23.1. The molecule has 5 rings (SSSR count). The molecule has 1 aliphatic heterocycles. The molecule has 1 saturated heterocycles. The minimum atomic E-state index is -0.112. The summed E-state index contributed by atoms with van der Waals surface area (Å²) in [7, 11) is 1.80. The number of benzene rings is 1. The Labute approximate surface area is 196 Å². The van der Waals surface area contributed by atoms with Crippen LogP contribution in [0, 0.1) is 5.92 Å². The maximum atomic E-state index is 12.9. The number of carbonyl (C=O) groups is 1. The molecule has 1 aromatic carbocycles. The van der Waals surface area contributed by atoms with Crippen LogP contribution < -0.4 is 16.0 Å². The first-order valence-corrected chi connectivity index (χ1v) is 11.2. The van der Waals surface area contributed by atoms with Gasteiger partial charge in [0.1, 0.15) is 17.8 Å². The van der Waals surface area contributed by atoms with E-state index in [1.807, 2.05) is 40.8 Å². The normalized spacial score (nSPS) is 14.9. The van der Waals surface area contributed by atoms with Crippen molar-refractivity contribution < 1.29 is 4.79 Å². The predicted molar refractivity (Wildman–Crippen MR) is 128 cm³/mol. The molecule has 0 radical (unpaired) electrons. The Morgan fingerprint density at radius 3 is 2.64 bits per heavy atom. The Kier molecular flexibility index (Phi) is 5.41. The number of rotatable bonds is 6. The standard InChI is InChI=1S/C23H25ClN8O/c1-3-18(14-4-6-16(24)7-5-14)29-22(33)15-11-31(12-15)23-27-13-26-20-9-8-19(32(20)23)17-10-28-30(2)21(17)25/h4-10,13,15,18H,3,11-12,25H2,1-2H3,(H,29,33). The van der Waals surface area contributed by atoms with E-state index in [2.05, 4.69) is 32.2 Å². The number of amides is 1. The van der Waals surface area contributed by atoms with E-state index in [9.17, 15) is 4.79 Å². The van der Waals surface area contributed by atoms with Gasteiger partial charge in [0.15, 0.2) is 0 Å². The number of aromatic nitrogens is 5. The van der Waals surface area contributed by atoms with Gasteiger partial charge >= 0.3 is 0 Å². The molecule has 4 heterocycles. The number of fused-ring (bicyclic) bond motifs is 1. The van der Waals surface area contributed by atoms with Crippen LogP contribution in [0.25, 0.3) is 16.9 Å². The summed E-state index contributed by atoms with van der Waals surface area (Å²) in [5.74, 6) is 1.23. The highest BCUT2D eigenvalue weighted by molar-refractivity contribution is 6.30. The Hall–Kier alpha value is -3.59. The first-order valence-electron chi connectivity index (χ1n) is 10.9. The monoisotopic (exact) mass is 464 g/mol. The van der Waals surface area contributed by atoms with Gasteiger partial charge in [-0.3, -0.25) is 13.9 Å². The molecule has 1 atom stereocenters. The van der Waals surface area contributed by atoms with Gasteiger partial charge < -0.3 is 16.0 Å². The van der Waals surface area contributed by atoms with Crippen molar-refractivity contribution in [1.82, 2.24) is 29.5 Å². The first kappa shape index (κ1) is 21.3. The van der Waals surface area contributed by atoms with Crippen LogP contribution in [0.5, 0.6) is 0 Å². The molecule has 1 amide bonds. The summed E-state index contributed by atoms with van der Waals surface area (Å²) in [5.41, 5.74) is 9.71. The van der Waals surface area contributed by atoms with E-state index in [4.69, 9.17) is 17.3 Å². The molecule has 3 aromatic heterocycles. The summed E-state index contributed by atoms with van der Waals surface area (Å²) < 4.78 is 3.59. The highest BCUT2D eigenvalue weighted by atomic mass is 35.5. The Balaban J connectivity index is 1.33. The fourth-order valence-electron chi connectivity index (χ4n) is 4.23. The summed E-state index contributed by atoms with van der Waals surface area (Å²) in [6, 6.07) is 11.5. The Morgan fingerprint density at radius 2 is 1.97 bits per heavy atom. The molecule has 33 heavy (non-hydrogen) atoms. The average molecular weight is 465 g/mol. The lowest BCUT2D eigenvalue weighted by atomic mass is 9.97.